The third kappa shape index (κ3) is 1.79. The third-order valence-electron chi connectivity index (χ3n) is 4.53. The van der Waals surface area contributed by atoms with E-state index in [4.69, 9.17) is 4.43 Å². The molecule has 2 aliphatic carbocycles. The van der Waals surface area contributed by atoms with E-state index in [2.05, 4.69) is 33.9 Å². The van der Waals surface area contributed by atoms with Crippen LogP contribution in [0.3, 0.4) is 0 Å². The molecule has 0 aliphatic heterocycles. The van der Waals surface area contributed by atoms with Crippen LogP contribution in [-0.2, 0) is 4.43 Å². The molecule has 0 aromatic heterocycles. The molecule has 0 bridgehead atoms. The van der Waals surface area contributed by atoms with E-state index >= 15 is 0 Å². The van der Waals surface area contributed by atoms with Crippen molar-refractivity contribution >= 4 is 8.32 Å². The fourth-order valence-electron chi connectivity index (χ4n) is 2.35. The van der Waals surface area contributed by atoms with Gasteiger partial charge in [0.2, 0.25) is 0 Å². The predicted molar refractivity (Wildman–Crippen MR) is 62.9 cm³/mol. The summed E-state index contributed by atoms with van der Waals surface area (Å²) in [5.41, 5.74) is 0. The van der Waals surface area contributed by atoms with Gasteiger partial charge in [0.15, 0.2) is 8.32 Å². The van der Waals surface area contributed by atoms with Crippen molar-refractivity contribution in [1.82, 2.24) is 0 Å². The van der Waals surface area contributed by atoms with Crippen molar-refractivity contribution in [3.05, 3.63) is 0 Å². The van der Waals surface area contributed by atoms with Crippen LogP contribution in [0.4, 0.5) is 0 Å². The monoisotopic (exact) mass is 212 g/mol. The summed E-state index contributed by atoms with van der Waals surface area (Å²) in [5.74, 6) is 1.99. The Hall–Kier alpha value is 0.177. The zero-order valence-corrected chi connectivity index (χ0v) is 11.3. The Kier molecular flexibility index (Phi) is 2.35. The van der Waals surface area contributed by atoms with Crippen LogP contribution in [0, 0.1) is 11.8 Å². The number of fused-ring (bicyclic) bond motifs is 1. The number of hydrogen-bond donors (Lipinski definition) is 0. The molecule has 3 unspecified atom stereocenters. The maximum Gasteiger partial charge on any atom is 0.192 e. The summed E-state index contributed by atoms with van der Waals surface area (Å²) in [5, 5.41) is 0.375. The standard InChI is InChI=1S/C12H24OSi/c1-12(2,3)14(4,5)13-11-7-6-9-8-10(9)11/h9-11H,6-8H2,1-5H3. The van der Waals surface area contributed by atoms with Crippen LogP contribution in [-0.4, -0.2) is 14.4 Å². The molecule has 0 N–H and O–H groups in total. The highest BCUT2D eigenvalue weighted by atomic mass is 28.4. The lowest BCUT2D eigenvalue weighted by molar-refractivity contribution is 0.166. The molecular weight excluding hydrogens is 188 g/mol. The zero-order valence-electron chi connectivity index (χ0n) is 10.3. The first kappa shape index (κ1) is 10.7. The number of hydrogen-bond acceptors (Lipinski definition) is 1. The Morgan fingerprint density at radius 2 is 1.79 bits per heavy atom. The Bertz CT molecular complexity index is 229. The molecule has 2 rings (SSSR count). The van der Waals surface area contributed by atoms with E-state index < -0.39 is 8.32 Å². The first-order valence-corrected chi connectivity index (χ1v) is 8.90. The lowest BCUT2D eigenvalue weighted by Crippen LogP contribution is -2.44. The van der Waals surface area contributed by atoms with Crippen LogP contribution in [0.1, 0.15) is 40.0 Å². The van der Waals surface area contributed by atoms with Crippen LogP contribution in [0.25, 0.3) is 0 Å². The highest BCUT2D eigenvalue weighted by Crippen LogP contribution is 2.54. The van der Waals surface area contributed by atoms with Crippen LogP contribution in [0.5, 0.6) is 0 Å². The lowest BCUT2D eigenvalue weighted by atomic mass is 10.2. The second-order valence-electron chi connectivity index (χ2n) is 6.65. The molecule has 0 radical (unpaired) electrons. The maximum atomic E-state index is 6.46. The second kappa shape index (κ2) is 3.08. The van der Waals surface area contributed by atoms with Gasteiger partial charge in [0.05, 0.1) is 0 Å². The van der Waals surface area contributed by atoms with Gasteiger partial charge in [-0.05, 0) is 49.2 Å². The Morgan fingerprint density at radius 1 is 1.14 bits per heavy atom. The summed E-state index contributed by atoms with van der Waals surface area (Å²) in [4.78, 5) is 0. The van der Waals surface area contributed by atoms with Gasteiger partial charge in [0.25, 0.3) is 0 Å². The average molecular weight is 212 g/mol. The fraction of sp³-hybridized carbons (Fsp3) is 1.00. The molecule has 0 saturated heterocycles. The summed E-state index contributed by atoms with van der Waals surface area (Å²) in [6.07, 6.45) is 4.85. The first-order chi connectivity index (χ1) is 6.31. The minimum atomic E-state index is -1.49. The van der Waals surface area contributed by atoms with Crippen molar-refractivity contribution in [1.29, 1.82) is 0 Å². The summed E-state index contributed by atoms with van der Waals surface area (Å²) in [6, 6.07) is 0. The molecule has 1 nitrogen and oxygen atoms in total. The Labute approximate surface area is 89.4 Å². The van der Waals surface area contributed by atoms with Gasteiger partial charge in [0.1, 0.15) is 0 Å². The quantitative estimate of drug-likeness (QED) is 0.633. The van der Waals surface area contributed by atoms with Crippen molar-refractivity contribution in [3.63, 3.8) is 0 Å². The van der Waals surface area contributed by atoms with E-state index in [0.717, 1.165) is 11.8 Å². The second-order valence-corrected chi connectivity index (χ2v) is 11.4. The van der Waals surface area contributed by atoms with Gasteiger partial charge in [-0.25, -0.2) is 0 Å². The Balaban J connectivity index is 1.96. The minimum Gasteiger partial charge on any atom is -0.414 e. The molecule has 3 atom stereocenters. The smallest absolute Gasteiger partial charge is 0.192 e. The average Bonchev–Trinajstić information content (AvgIpc) is 2.68. The Morgan fingerprint density at radius 3 is 2.14 bits per heavy atom. The minimum absolute atomic E-state index is 0.375. The lowest BCUT2D eigenvalue weighted by Gasteiger charge is -2.38. The van der Waals surface area contributed by atoms with Crippen molar-refractivity contribution in [2.24, 2.45) is 11.8 Å². The largest absolute Gasteiger partial charge is 0.414 e. The third-order valence-corrected chi connectivity index (χ3v) is 9.03. The molecule has 0 aromatic carbocycles. The van der Waals surface area contributed by atoms with E-state index in [-0.39, 0.29) is 0 Å². The van der Waals surface area contributed by atoms with Crippen LogP contribution >= 0.6 is 0 Å². The van der Waals surface area contributed by atoms with Crippen molar-refractivity contribution < 1.29 is 4.43 Å². The molecule has 2 fully saturated rings. The normalized spacial score (nSPS) is 37.1. The summed E-state index contributed by atoms with van der Waals surface area (Å²) >= 11 is 0. The highest BCUT2D eigenvalue weighted by Gasteiger charge is 2.51. The van der Waals surface area contributed by atoms with Crippen LogP contribution < -0.4 is 0 Å². The van der Waals surface area contributed by atoms with E-state index in [9.17, 15) is 0 Å². The highest BCUT2D eigenvalue weighted by molar-refractivity contribution is 6.74. The van der Waals surface area contributed by atoms with Crippen LogP contribution in [0.15, 0.2) is 0 Å². The van der Waals surface area contributed by atoms with E-state index in [1.807, 2.05) is 0 Å². The van der Waals surface area contributed by atoms with Gasteiger partial charge in [-0.15, -0.1) is 0 Å². The van der Waals surface area contributed by atoms with E-state index in [0.29, 0.717) is 11.1 Å². The molecule has 2 aliphatic rings. The van der Waals surface area contributed by atoms with Crippen molar-refractivity contribution in [2.45, 2.75) is 64.3 Å². The zero-order chi connectivity index (χ0) is 10.6. The van der Waals surface area contributed by atoms with Gasteiger partial charge in [-0.1, -0.05) is 20.8 Å². The fourth-order valence-corrected chi connectivity index (χ4v) is 3.76. The molecular formula is C12H24OSi. The molecule has 2 heteroatoms. The van der Waals surface area contributed by atoms with E-state index in [1.165, 1.54) is 19.3 Å². The molecule has 0 amide bonds. The van der Waals surface area contributed by atoms with Gasteiger partial charge in [0, 0.05) is 6.10 Å². The molecule has 0 heterocycles. The van der Waals surface area contributed by atoms with E-state index in [1.54, 1.807) is 0 Å². The molecule has 82 valence electrons. The summed E-state index contributed by atoms with van der Waals surface area (Å²) in [6.45, 7) is 11.8. The van der Waals surface area contributed by atoms with Gasteiger partial charge >= 0.3 is 0 Å². The van der Waals surface area contributed by atoms with Gasteiger partial charge in [-0.3, -0.25) is 0 Å². The summed E-state index contributed by atoms with van der Waals surface area (Å²) in [7, 11) is -1.49. The van der Waals surface area contributed by atoms with Crippen molar-refractivity contribution in [3.8, 4) is 0 Å². The molecule has 0 aromatic rings. The molecule has 0 spiro atoms. The first-order valence-electron chi connectivity index (χ1n) is 5.99. The summed E-state index contributed by atoms with van der Waals surface area (Å²) < 4.78 is 6.46. The van der Waals surface area contributed by atoms with Crippen LogP contribution in [0.2, 0.25) is 18.1 Å². The molecule has 2 saturated carbocycles. The predicted octanol–water partition coefficient (Wildman–Crippen LogP) is 3.81. The van der Waals surface area contributed by atoms with Gasteiger partial charge in [-0.2, -0.15) is 0 Å². The van der Waals surface area contributed by atoms with Gasteiger partial charge < -0.3 is 4.43 Å². The topological polar surface area (TPSA) is 9.23 Å². The SMILES string of the molecule is CC(C)(C)[Si](C)(C)OC1CCC2CC21. The molecule has 14 heavy (non-hydrogen) atoms. The van der Waals surface area contributed by atoms with Crippen molar-refractivity contribution in [2.75, 3.05) is 0 Å². The maximum absolute atomic E-state index is 6.46. The number of rotatable bonds is 2.